The van der Waals surface area contributed by atoms with Crippen LogP contribution in [0, 0.1) is 11.8 Å². The molecule has 1 amide bonds. The van der Waals surface area contributed by atoms with Crippen LogP contribution in [0.4, 0.5) is 5.69 Å². The first-order valence-corrected chi connectivity index (χ1v) is 12.4. The second-order valence-electron chi connectivity index (χ2n) is 11.5. The zero-order chi connectivity index (χ0) is 24.3. The Morgan fingerprint density at radius 1 is 1.27 bits per heavy atom. The number of carbonyl (C=O) groups is 1. The summed E-state index contributed by atoms with van der Waals surface area (Å²) in [6.07, 6.45) is 6.95. The van der Waals surface area contributed by atoms with E-state index in [0.29, 0.717) is 12.3 Å². The number of carbonyl (C=O) groups excluding carboxylic acids is 1. The molecule has 180 valence electrons. The highest BCUT2D eigenvalue weighted by Gasteiger charge is 2.45. The Morgan fingerprint density at radius 3 is 2.55 bits per heavy atom. The van der Waals surface area contributed by atoms with Gasteiger partial charge >= 0.3 is 0 Å². The van der Waals surface area contributed by atoms with Crippen molar-refractivity contribution >= 4 is 22.5 Å². The van der Waals surface area contributed by atoms with Gasteiger partial charge in [0, 0.05) is 29.7 Å². The highest BCUT2D eigenvalue weighted by Crippen LogP contribution is 2.54. The van der Waals surface area contributed by atoms with Crippen LogP contribution < -0.4 is 10.2 Å². The van der Waals surface area contributed by atoms with Crippen LogP contribution in [0.25, 0.3) is 10.9 Å². The third-order valence-corrected chi connectivity index (χ3v) is 8.82. The summed E-state index contributed by atoms with van der Waals surface area (Å²) >= 11 is 0. The zero-order valence-electron chi connectivity index (χ0n) is 21.4. The molecule has 2 aliphatic rings. The lowest BCUT2D eigenvalue weighted by Crippen LogP contribution is -2.52. The number of nitrogens with one attached hydrogen (secondary N) is 2. The van der Waals surface area contributed by atoms with Crippen LogP contribution in [0.2, 0.25) is 0 Å². The van der Waals surface area contributed by atoms with Crippen LogP contribution in [0.1, 0.15) is 71.1 Å². The van der Waals surface area contributed by atoms with E-state index in [1.54, 1.807) is 0 Å². The highest BCUT2D eigenvalue weighted by molar-refractivity contribution is 6.01. The van der Waals surface area contributed by atoms with Crippen LogP contribution >= 0.6 is 0 Å². The summed E-state index contributed by atoms with van der Waals surface area (Å²) in [4.78, 5) is 19.1. The van der Waals surface area contributed by atoms with E-state index < -0.39 is 0 Å². The fourth-order valence-corrected chi connectivity index (χ4v) is 6.22. The van der Waals surface area contributed by atoms with E-state index in [-0.39, 0.29) is 41.3 Å². The van der Waals surface area contributed by atoms with E-state index in [1.165, 1.54) is 16.5 Å². The molecule has 2 aromatic rings. The number of fused-ring (bicyclic) bond motifs is 2. The highest BCUT2D eigenvalue weighted by atomic mass is 16.3. The molecule has 0 spiro atoms. The van der Waals surface area contributed by atoms with Crippen molar-refractivity contribution < 1.29 is 9.90 Å². The maximum absolute atomic E-state index is 13.3. The minimum atomic E-state index is -0.319. The molecule has 0 fully saturated rings. The normalized spacial score (nSPS) is 30.1. The van der Waals surface area contributed by atoms with Crippen LogP contribution in [0.3, 0.4) is 0 Å². The molecule has 4 atom stereocenters. The van der Waals surface area contributed by atoms with Gasteiger partial charge in [0.1, 0.15) is 6.04 Å². The van der Waals surface area contributed by atoms with Crippen LogP contribution in [-0.4, -0.2) is 41.7 Å². The molecule has 3 N–H and O–H groups in total. The van der Waals surface area contributed by atoms with Gasteiger partial charge in [-0.25, -0.2) is 0 Å². The molecule has 2 unspecified atom stereocenters. The number of aliphatic hydroxyl groups excluding tert-OH is 1. The number of hydrogen-bond donors (Lipinski definition) is 3. The third kappa shape index (κ3) is 3.51. The first kappa shape index (κ1) is 23.9. The van der Waals surface area contributed by atoms with Gasteiger partial charge in [-0.3, -0.25) is 4.79 Å². The average Bonchev–Trinajstić information content (AvgIpc) is 3.18. The van der Waals surface area contributed by atoms with Gasteiger partial charge in [0.2, 0.25) is 5.91 Å². The minimum absolute atomic E-state index is 0.0193. The summed E-state index contributed by atoms with van der Waals surface area (Å²) < 4.78 is 0. The van der Waals surface area contributed by atoms with Gasteiger partial charge < -0.3 is 20.3 Å². The van der Waals surface area contributed by atoms with Gasteiger partial charge in [0.25, 0.3) is 0 Å². The van der Waals surface area contributed by atoms with Gasteiger partial charge in [-0.05, 0) is 59.3 Å². The number of rotatable bonds is 4. The van der Waals surface area contributed by atoms with E-state index >= 15 is 0 Å². The van der Waals surface area contributed by atoms with Gasteiger partial charge in [0.15, 0.2) is 0 Å². The zero-order valence-corrected chi connectivity index (χ0v) is 21.4. The molecule has 5 nitrogen and oxygen atoms in total. The standard InChI is InChI=1S/C28H41N3O2/c1-9-27(6)10-11-28(7,17(4)5)20-13-21-22-18(14-29-24(22)23(20)27)12-19(15-32)30-26(33)25(16(2)3)31(21)8/h9,13-14,16-17,19,25,29,32H,1,10-12,15H2,2-8H3,(H,30,33)/t19-,25-,27?,28?/m0/s1. The SMILES string of the molecule is C=CC1(C)CCC(C)(C(C)C)c2cc3c4c(c[nH]c4c21)C[C@@H](CO)NC(=O)[C@H](C(C)C)N3C. The van der Waals surface area contributed by atoms with Gasteiger partial charge in [-0.2, -0.15) is 0 Å². The molecule has 1 aromatic heterocycles. The molecule has 2 heterocycles. The number of nitrogens with zero attached hydrogens (tertiary/aromatic N) is 1. The lowest BCUT2D eigenvalue weighted by Gasteiger charge is -2.47. The lowest BCUT2D eigenvalue weighted by atomic mass is 9.57. The number of aromatic nitrogens is 1. The second kappa shape index (κ2) is 8.19. The largest absolute Gasteiger partial charge is 0.394 e. The van der Waals surface area contributed by atoms with Crippen molar-refractivity contribution in [2.45, 2.75) is 83.7 Å². The number of anilines is 1. The second-order valence-corrected chi connectivity index (χ2v) is 11.5. The Balaban J connectivity index is 2.11. The number of hydrogen-bond acceptors (Lipinski definition) is 3. The van der Waals surface area contributed by atoms with E-state index in [1.807, 2.05) is 7.05 Å². The third-order valence-electron chi connectivity index (χ3n) is 8.82. The van der Waals surface area contributed by atoms with Gasteiger partial charge in [0.05, 0.1) is 18.2 Å². The first-order chi connectivity index (χ1) is 15.5. The Hall–Kier alpha value is -2.27. The number of aromatic amines is 1. The first-order valence-electron chi connectivity index (χ1n) is 12.4. The number of H-pyrrole nitrogens is 1. The molecule has 0 saturated heterocycles. The molecule has 0 saturated carbocycles. The summed E-state index contributed by atoms with van der Waals surface area (Å²) in [5.41, 5.74) is 6.04. The number of likely N-dealkylation sites (N-methyl/N-ethyl adjacent to an activating group) is 1. The topological polar surface area (TPSA) is 68.4 Å². The molecule has 1 aromatic carbocycles. The monoisotopic (exact) mass is 451 g/mol. The fourth-order valence-electron chi connectivity index (χ4n) is 6.22. The smallest absolute Gasteiger partial charge is 0.243 e. The van der Waals surface area contributed by atoms with E-state index in [0.717, 1.165) is 29.6 Å². The predicted octanol–water partition coefficient (Wildman–Crippen LogP) is 4.81. The summed E-state index contributed by atoms with van der Waals surface area (Å²) in [6.45, 7) is 17.7. The maximum Gasteiger partial charge on any atom is 0.243 e. The van der Waals surface area contributed by atoms with Crippen LogP contribution in [0.15, 0.2) is 24.9 Å². The Bertz CT molecular complexity index is 1080. The Labute approximate surface area is 198 Å². The fraction of sp³-hybridized carbons (Fsp3) is 0.607. The molecule has 4 rings (SSSR count). The maximum atomic E-state index is 13.3. The van der Waals surface area contributed by atoms with Crippen molar-refractivity contribution in [3.05, 3.63) is 41.6 Å². The summed E-state index contributed by atoms with van der Waals surface area (Å²) in [5, 5.41) is 14.3. The summed E-state index contributed by atoms with van der Waals surface area (Å²) in [6, 6.07) is 1.75. The van der Waals surface area contributed by atoms with Crippen molar-refractivity contribution in [1.82, 2.24) is 10.3 Å². The molecule has 0 radical (unpaired) electrons. The van der Waals surface area contributed by atoms with Crippen LogP contribution in [-0.2, 0) is 22.0 Å². The van der Waals surface area contributed by atoms with Crippen molar-refractivity contribution in [2.75, 3.05) is 18.6 Å². The molecular weight excluding hydrogens is 410 g/mol. The van der Waals surface area contributed by atoms with Crippen molar-refractivity contribution in [2.24, 2.45) is 11.8 Å². The summed E-state index contributed by atoms with van der Waals surface area (Å²) in [7, 11) is 2.05. The molecule has 5 heteroatoms. The van der Waals surface area contributed by atoms with Crippen molar-refractivity contribution in [3.8, 4) is 0 Å². The number of aliphatic hydroxyl groups is 1. The predicted molar refractivity (Wildman–Crippen MR) is 137 cm³/mol. The van der Waals surface area contributed by atoms with Crippen molar-refractivity contribution in [1.29, 1.82) is 0 Å². The molecule has 1 aliphatic carbocycles. The van der Waals surface area contributed by atoms with E-state index in [4.69, 9.17) is 0 Å². The molecule has 1 aliphatic heterocycles. The Morgan fingerprint density at radius 2 is 1.97 bits per heavy atom. The number of amides is 1. The minimum Gasteiger partial charge on any atom is -0.394 e. The van der Waals surface area contributed by atoms with Gasteiger partial charge in [-0.1, -0.05) is 47.6 Å². The number of benzene rings is 1. The average molecular weight is 452 g/mol. The van der Waals surface area contributed by atoms with Crippen LogP contribution in [0.5, 0.6) is 0 Å². The van der Waals surface area contributed by atoms with Crippen molar-refractivity contribution in [3.63, 3.8) is 0 Å². The lowest BCUT2D eigenvalue weighted by molar-refractivity contribution is -0.124. The molecule has 33 heavy (non-hydrogen) atoms. The number of allylic oxidation sites excluding steroid dienone is 1. The van der Waals surface area contributed by atoms with E-state index in [2.05, 4.69) is 81.7 Å². The van der Waals surface area contributed by atoms with E-state index in [9.17, 15) is 9.90 Å². The van der Waals surface area contributed by atoms with Gasteiger partial charge in [-0.15, -0.1) is 6.58 Å². The quantitative estimate of drug-likeness (QED) is 0.584. The Kier molecular flexibility index (Phi) is 5.93. The summed E-state index contributed by atoms with van der Waals surface area (Å²) in [5.74, 6) is 0.583. The molecular formula is C28H41N3O2. The molecule has 0 bridgehead atoms.